The number of carboxylic acids is 1. The summed E-state index contributed by atoms with van der Waals surface area (Å²) in [6.07, 6.45) is 60.0. The number of rotatable bonds is 47. The van der Waals surface area contributed by atoms with E-state index >= 15 is 0 Å². The average molecular weight is 1070 g/mol. The minimum Gasteiger partial charge on any atom is -0.479 e. The zero-order chi connectivity index (χ0) is 56.1. The van der Waals surface area contributed by atoms with Gasteiger partial charge in [-0.2, -0.15) is 0 Å². The molecule has 0 amide bonds. The molecule has 1 fully saturated rings. The topological polar surface area (TPSA) is 175 Å². The molecule has 1 aliphatic heterocycles. The Labute approximate surface area is 464 Å². The van der Waals surface area contributed by atoms with Gasteiger partial charge in [-0.15, -0.1) is 0 Å². The van der Waals surface area contributed by atoms with Crippen molar-refractivity contribution in [3.05, 3.63) is 134 Å². The van der Waals surface area contributed by atoms with Crippen LogP contribution in [0.5, 0.6) is 0 Å². The lowest BCUT2D eigenvalue weighted by Gasteiger charge is -2.40. The Morgan fingerprint density at radius 3 is 1.22 bits per heavy atom. The van der Waals surface area contributed by atoms with Crippen LogP contribution in [-0.4, -0.2) is 89.2 Å². The molecule has 0 spiro atoms. The number of allylic oxidation sites excluding steroid dienone is 22. The summed E-state index contributed by atoms with van der Waals surface area (Å²) in [6, 6.07) is 0. The highest BCUT2D eigenvalue weighted by Gasteiger charge is 2.50. The molecule has 0 aromatic heterocycles. The highest BCUT2D eigenvalue weighted by molar-refractivity contribution is 5.74. The van der Waals surface area contributed by atoms with Crippen molar-refractivity contribution in [2.45, 2.75) is 237 Å². The van der Waals surface area contributed by atoms with Crippen molar-refractivity contribution < 1.29 is 58.2 Å². The molecule has 0 saturated carbocycles. The molecule has 1 aliphatic rings. The van der Waals surface area contributed by atoms with Crippen LogP contribution in [0.3, 0.4) is 0 Å². The molecule has 1 rings (SSSR count). The summed E-state index contributed by atoms with van der Waals surface area (Å²) in [4.78, 5) is 51.1. The van der Waals surface area contributed by atoms with Crippen molar-refractivity contribution in [3.63, 3.8) is 0 Å². The number of aliphatic hydroxyl groups excluding tert-OH is 2. The van der Waals surface area contributed by atoms with E-state index in [-0.39, 0.29) is 25.9 Å². The third-order valence-corrected chi connectivity index (χ3v) is 12.2. The number of aliphatic hydroxyl groups is 2. The van der Waals surface area contributed by atoms with E-state index in [0.717, 1.165) is 141 Å². The number of ether oxygens (including phenoxy) is 5. The highest BCUT2D eigenvalue weighted by Crippen LogP contribution is 2.26. The van der Waals surface area contributed by atoms with Gasteiger partial charge in [0.25, 0.3) is 0 Å². The molecule has 0 radical (unpaired) electrons. The molecule has 1 heterocycles. The largest absolute Gasteiger partial charge is 0.479 e. The molecular weight excluding hydrogens is 973 g/mol. The summed E-state index contributed by atoms with van der Waals surface area (Å²) in [5, 5.41) is 31.5. The predicted molar refractivity (Wildman–Crippen MR) is 312 cm³/mol. The first-order valence-electron chi connectivity index (χ1n) is 29.2. The third-order valence-electron chi connectivity index (χ3n) is 12.2. The highest BCUT2D eigenvalue weighted by atomic mass is 16.7. The van der Waals surface area contributed by atoms with Crippen molar-refractivity contribution in [1.82, 2.24) is 0 Å². The van der Waals surface area contributed by atoms with E-state index in [1.54, 1.807) is 0 Å². The Bertz CT molecular complexity index is 1850. The Balaban J connectivity index is 2.74. The molecule has 77 heavy (non-hydrogen) atoms. The summed E-state index contributed by atoms with van der Waals surface area (Å²) in [7, 11) is 0. The van der Waals surface area contributed by atoms with Crippen molar-refractivity contribution in [3.8, 4) is 0 Å². The molecule has 0 aromatic rings. The first-order valence-corrected chi connectivity index (χ1v) is 29.2. The van der Waals surface area contributed by atoms with Crippen molar-refractivity contribution in [2.24, 2.45) is 0 Å². The molecule has 432 valence electrons. The van der Waals surface area contributed by atoms with Crippen LogP contribution in [0.2, 0.25) is 0 Å². The maximum absolute atomic E-state index is 13.1. The van der Waals surface area contributed by atoms with E-state index in [9.17, 15) is 34.5 Å². The minimum absolute atomic E-state index is 0.0286. The number of aliphatic carboxylic acids is 1. The maximum Gasteiger partial charge on any atom is 0.335 e. The molecule has 1 saturated heterocycles. The molecule has 12 heteroatoms. The van der Waals surface area contributed by atoms with E-state index in [2.05, 4.69) is 154 Å². The van der Waals surface area contributed by atoms with E-state index in [1.165, 1.54) is 0 Å². The standard InChI is InChI=1S/C65H100O12/c1-4-7-10-13-16-19-22-25-27-28-29-30-32-35-38-41-44-47-50-53-59(68)76-63-61(70)60(69)62(64(71)72)77-65(63)74-55-56(75-58(67)52-49-46-43-40-37-33-24-21-18-15-12-9-6-3)54-73-57(66)51-48-45-42-39-36-34-31-26-23-20-17-14-11-8-5-2/h7-12,16-21,25-27,29-31,33,36-37,39,56,60-63,65,69-70H,4-6,13-15,22-24,28,32,34-35,38,40-55H2,1-3H3,(H,71,72)/b10-7-,11-8-,12-9-,19-16-,20-17-,21-18-,27-25-,30-29-,31-26-,37-33-,39-36-. The molecule has 0 aromatic carbocycles. The van der Waals surface area contributed by atoms with Crippen LogP contribution in [0.4, 0.5) is 0 Å². The number of carboxylic acid groups (broad SMARTS) is 1. The third kappa shape index (κ3) is 41.6. The van der Waals surface area contributed by atoms with Crippen LogP contribution in [0.15, 0.2) is 134 Å². The molecule has 0 aliphatic carbocycles. The van der Waals surface area contributed by atoms with Gasteiger partial charge in [0.2, 0.25) is 0 Å². The summed E-state index contributed by atoms with van der Waals surface area (Å²) in [6.45, 7) is 5.56. The fraction of sp³-hybridized carbons (Fsp3) is 0.600. The number of carbonyl (C=O) groups is 4. The first kappa shape index (κ1) is 69.9. The second kappa shape index (κ2) is 51.6. The fourth-order valence-corrected chi connectivity index (χ4v) is 7.83. The Hall–Kier alpha value is -5.14. The summed E-state index contributed by atoms with van der Waals surface area (Å²) < 4.78 is 28.3. The Morgan fingerprint density at radius 1 is 0.429 bits per heavy atom. The van der Waals surface area contributed by atoms with Gasteiger partial charge >= 0.3 is 23.9 Å². The number of hydrogen-bond acceptors (Lipinski definition) is 11. The SMILES string of the molecule is CC/C=C\C/C=C\C/C=C\C/C=C\CCCCCCCCC(=O)OC1C(OCC(COC(=O)CCCC/C=C\C/C=C\C/C=C\C/C=C\CC)OC(=O)CCCCC/C=C\C/C=C\C/C=C\CC)OC(C(=O)O)C(O)C1O. The second-order valence-electron chi connectivity index (χ2n) is 19.1. The van der Waals surface area contributed by atoms with E-state index in [4.69, 9.17) is 23.7 Å². The van der Waals surface area contributed by atoms with Crippen molar-refractivity contribution in [2.75, 3.05) is 13.2 Å². The molecular formula is C65H100O12. The lowest BCUT2D eigenvalue weighted by atomic mass is 9.98. The maximum atomic E-state index is 13.1. The normalized spacial score (nSPS) is 19.0. The Morgan fingerprint density at radius 2 is 0.779 bits per heavy atom. The minimum atomic E-state index is -1.93. The van der Waals surface area contributed by atoms with Gasteiger partial charge in [-0.1, -0.05) is 187 Å². The Kier molecular flexibility index (Phi) is 46.8. The quantitative estimate of drug-likeness (QED) is 0.0228. The van der Waals surface area contributed by atoms with Crippen LogP contribution >= 0.6 is 0 Å². The van der Waals surface area contributed by atoms with Crippen LogP contribution in [0.25, 0.3) is 0 Å². The monoisotopic (exact) mass is 1070 g/mol. The lowest BCUT2D eigenvalue weighted by molar-refractivity contribution is -0.301. The average Bonchev–Trinajstić information content (AvgIpc) is 3.42. The number of unbranched alkanes of at least 4 members (excludes halogenated alkanes) is 11. The van der Waals surface area contributed by atoms with Crippen molar-refractivity contribution in [1.29, 1.82) is 0 Å². The summed E-state index contributed by atoms with van der Waals surface area (Å²) in [5.74, 6) is -3.26. The fourth-order valence-electron chi connectivity index (χ4n) is 7.83. The summed E-state index contributed by atoms with van der Waals surface area (Å²) in [5.41, 5.74) is 0. The molecule has 6 unspecified atom stereocenters. The molecule has 12 nitrogen and oxygen atoms in total. The predicted octanol–water partition coefficient (Wildman–Crippen LogP) is 15.0. The zero-order valence-electron chi connectivity index (χ0n) is 47.4. The van der Waals surface area contributed by atoms with Gasteiger partial charge in [-0.25, -0.2) is 4.79 Å². The van der Waals surface area contributed by atoms with Crippen LogP contribution < -0.4 is 0 Å². The number of hydrogen-bond donors (Lipinski definition) is 3. The van der Waals surface area contributed by atoms with Crippen molar-refractivity contribution >= 4 is 23.9 Å². The summed E-state index contributed by atoms with van der Waals surface area (Å²) >= 11 is 0. The van der Waals surface area contributed by atoms with Gasteiger partial charge in [-0.05, 0) is 128 Å². The van der Waals surface area contributed by atoms with Gasteiger partial charge in [-0.3, -0.25) is 14.4 Å². The van der Waals surface area contributed by atoms with Gasteiger partial charge in [0.05, 0.1) is 6.61 Å². The molecule has 3 N–H and O–H groups in total. The number of esters is 3. The molecule has 0 bridgehead atoms. The zero-order valence-corrected chi connectivity index (χ0v) is 47.4. The number of carbonyl (C=O) groups excluding carboxylic acids is 3. The van der Waals surface area contributed by atoms with Crippen LogP contribution in [0, 0.1) is 0 Å². The van der Waals surface area contributed by atoms with Gasteiger partial charge < -0.3 is 39.0 Å². The van der Waals surface area contributed by atoms with Gasteiger partial charge in [0.15, 0.2) is 24.6 Å². The van der Waals surface area contributed by atoms with E-state index < -0.39 is 67.3 Å². The van der Waals surface area contributed by atoms with Gasteiger partial charge in [0.1, 0.15) is 18.8 Å². The first-order chi connectivity index (χ1) is 37.6. The van der Waals surface area contributed by atoms with Crippen LogP contribution in [-0.2, 0) is 42.9 Å². The lowest BCUT2D eigenvalue weighted by Crippen LogP contribution is -2.61. The van der Waals surface area contributed by atoms with E-state index in [1.807, 2.05) is 0 Å². The second-order valence-corrected chi connectivity index (χ2v) is 19.1. The molecule has 6 atom stereocenters. The van der Waals surface area contributed by atoms with Crippen LogP contribution in [0.1, 0.15) is 201 Å². The smallest absolute Gasteiger partial charge is 0.335 e. The van der Waals surface area contributed by atoms with Gasteiger partial charge in [0, 0.05) is 19.3 Å². The van der Waals surface area contributed by atoms with E-state index in [0.29, 0.717) is 19.3 Å².